The van der Waals surface area contributed by atoms with Crippen LogP contribution in [0.1, 0.15) is 134 Å². The number of hydrogen-bond donors (Lipinski definition) is 10. The van der Waals surface area contributed by atoms with Gasteiger partial charge in [0, 0.05) is 96.0 Å². The van der Waals surface area contributed by atoms with Gasteiger partial charge in [-0.25, -0.2) is 4.98 Å². The lowest BCUT2D eigenvalue weighted by molar-refractivity contribution is -0.141. The number of aliphatic imine (C=N–C) groups is 1. The van der Waals surface area contributed by atoms with E-state index in [1.165, 1.54) is 21.0 Å². The Morgan fingerprint density at radius 2 is 1.09 bits per heavy atom. The fourth-order valence-electron chi connectivity index (χ4n) is 7.62. The van der Waals surface area contributed by atoms with Crippen LogP contribution in [0.2, 0.25) is 0 Å². The van der Waals surface area contributed by atoms with Crippen molar-refractivity contribution in [3.8, 4) is 0 Å². The average Bonchev–Trinajstić information content (AvgIpc) is 3.78. The van der Waals surface area contributed by atoms with Gasteiger partial charge in [-0.1, -0.05) is 12.8 Å². The number of ketones is 2. The number of nitrogens with one attached hydrogen (secondary N) is 2. The number of nitrogens with zero attached hydrogens (tertiary/aromatic N) is 5. The average molecular weight is 918 g/mol. The molecule has 0 radical (unpaired) electrons. The zero-order valence-corrected chi connectivity index (χ0v) is 38.4. The number of guanidine groups is 1. The number of Topliss-reactive ketones (excluding diaryl/α,β-unsaturated/α-hetero) is 2. The first-order valence-corrected chi connectivity index (χ1v) is 23.0. The summed E-state index contributed by atoms with van der Waals surface area (Å²) in [5.41, 5.74) is 45.4. The summed E-state index contributed by atoms with van der Waals surface area (Å²) in [6.07, 6.45) is 9.19. The number of H-pyrrole nitrogens is 1. The topological polar surface area (TPSA) is 402 Å². The molecule has 368 valence electrons. The standard InChI is InChI=1S/C43H79N15O7/c44-21-7-1-2-17-40(63)57(26-10-14-35(59)32(12-3-4-16-37(47)48)58(27-23-46)41(64)20-19-38(49)61)34(28-31-29-53-30-55-31)36(60)15-11-25-56(33(42(50)65)13-5-8-22-45)39(62)18-6-9-24-54-43(51)52/h29-30,32-34H,1-28,44-46H2,(H3,47,48)(H2,49,61)(H2,50,65)(H,53,55)(H4,51,52,54). The van der Waals surface area contributed by atoms with Gasteiger partial charge in [-0.05, 0) is 83.7 Å². The van der Waals surface area contributed by atoms with Gasteiger partial charge in [0.25, 0.3) is 0 Å². The minimum Gasteiger partial charge on any atom is -0.388 e. The van der Waals surface area contributed by atoms with Crippen LogP contribution >= 0.6 is 0 Å². The Hall–Kier alpha value is -5.48. The van der Waals surface area contributed by atoms with Crippen molar-refractivity contribution in [1.29, 1.82) is 5.41 Å². The van der Waals surface area contributed by atoms with Gasteiger partial charge in [0.05, 0.1) is 24.2 Å². The van der Waals surface area contributed by atoms with Crippen LogP contribution in [0.3, 0.4) is 0 Å². The second-order valence-electron chi connectivity index (χ2n) is 16.3. The van der Waals surface area contributed by atoms with Crippen LogP contribution in [-0.4, -0.2) is 142 Å². The molecule has 3 atom stereocenters. The molecule has 0 bridgehead atoms. The van der Waals surface area contributed by atoms with Crippen molar-refractivity contribution in [2.75, 3.05) is 45.8 Å². The lowest BCUT2D eigenvalue weighted by Gasteiger charge is -2.33. The number of aromatic nitrogens is 2. The largest absolute Gasteiger partial charge is 0.388 e. The van der Waals surface area contributed by atoms with E-state index in [2.05, 4.69) is 15.0 Å². The molecule has 1 heterocycles. The van der Waals surface area contributed by atoms with E-state index in [9.17, 15) is 33.6 Å². The van der Waals surface area contributed by atoms with Crippen LogP contribution in [-0.2, 0) is 40.0 Å². The van der Waals surface area contributed by atoms with Gasteiger partial charge >= 0.3 is 0 Å². The van der Waals surface area contributed by atoms with E-state index >= 15 is 0 Å². The summed E-state index contributed by atoms with van der Waals surface area (Å²) in [6.45, 7) is 1.41. The van der Waals surface area contributed by atoms with Gasteiger partial charge in [0.2, 0.25) is 29.5 Å². The van der Waals surface area contributed by atoms with Crippen molar-refractivity contribution >= 4 is 52.9 Å². The molecule has 1 aromatic rings. The number of amides is 5. The molecule has 1 aromatic heterocycles. The first-order chi connectivity index (χ1) is 31.1. The highest BCUT2D eigenvalue weighted by atomic mass is 16.2. The number of carbonyl (C=O) groups excluding carboxylic acids is 7. The number of amidine groups is 1. The number of carbonyl (C=O) groups is 7. The van der Waals surface area contributed by atoms with Crippen LogP contribution in [0.4, 0.5) is 0 Å². The van der Waals surface area contributed by atoms with Gasteiger partial charge in [-0.3, -0.25) is 44.0 Å². The third kappa shape index (κ3) is 24.4. The van der Waals surface area contributed by atoms with Gasteiger partial charge < -0.3 is 65.6 Å². The third-order valence-electron chi connectivity index (χ3n) is 11.0. The Kier molecular flexibility index (Phi) is 30.1. The second-order valence-corrected chi connectivity index (χ2v) is 16.3. The summed E-state index contributed by atoms with van der Waals surface area (Å²) >= 11 is 0. The summed E-state index contributed by atoms with van der Waals surface area (Å²) < 4.78 is 0. The molecular weight excluding hydrogens is 839 g/mol. The van der Waals surface area contributed by atoms with E-state index in [1.54, 1.807) is 6.20 Å². The molecule has 22 heteroatoms. The van der Waals surface area contributed by atoms with Gasteiger partial charge in [0.1, 0.15) is 6.04 Å². The number of rotatable bonds is 40. The second kappa shape index (κ2) is 33.9. The van der Waals surface area contributed by atoms with Crippen molar-refractivity contribution in [3.63, 3.8) is 0 Å². The van der Waals surface area contributed by atoms with Gasteiger partial charge in [0.15, 0.2) is 17.5 Å². The number of primary amides is 2. The van der Waals surface area contributed by atoms with E-state index in [0.29, 0.717) is 96.0 Å². The Bertz CT molecular complexity index is 1640. The van der Waals surface area contributed by atoms with E-state index in [4.69, 9.17) is 51.3 Å². The van der Waals surface area contributed by atoms with Crippen molar-refractivity contribution in [3.05, 3.63) is 18.2 Å². The van der Waals surface area contributed by atoms with E-state index in [0.717, 1.165) is 0 Å². The smallest absolute Gasteiger partial charge is 0.240 e. The lowest BCUT2D eigenvalue weighted by Crippen LogP contribution is -2.49. The number of aromatic amines is 1. The normalized spacial score (nSPS) is 12.4. The maximum absolute atomic E-state index is 14.4. The molecule has 22 nitrogen and oxygen atoms in total. The maximum atomic E-state index is 14.4. The van der Waals surface area contributed by atoms with Gasteiger partial charge in [-0.2, -0.15) is 0 Å². The first-order valence-electron chi connectivity index (χ1n) is 23.0. The molecule has 3 unspecified atom stereocenters. The summed E-state index contributed by atoms with van der Waals surface area (Å²) in [5.74, 6) is -2.98. The molecule has 0 aliphatic rings. The Labute approximate surface area is 383 Å². The first kappa shape index (κ1) is 57.5. The summed E-state index contributed by atoms with van der Waals surface area (Å²) in [6, 6.07) is -2.78. The molecule has 65 heavy (non-hydrogen) atoms. The molecule has 18 N–H and O–H groups in total. The van der Waals surface area contributed by atoms with Gasteiger partial charge in [-0.15, -0.1) is 0 Å². The van der Waals surface area contributed by atoms with Crippen LogP contribution in [0.25, 0.3) is 0 Å². The van der Waals surface area contributed by atoms with Crippen LogP contribution in [0.15, 0.2) is 17.5 Å². The van der Waals surface area contributed by atoms with E-state index < -0.39 is 35.8 Å². The number of hydrogen-bond acceptors (Lipinski definition) is 13. The van der Waals surface area contributed by atoms with Crippen molar-refractivity contribution in [2.45, 2.75) is 153 Å². The molecular formula is C43H79N15O7. The third-order valence-corrected chi connectivity index (χ3v) is 11.0. The molecule has 0 aliphatic carbocycles. The molecule has 5 amide bonds. The molecule has 0 aliphatic heterocycles. The quantitative estimate of drug-likeness (QED) is 0.0226. The Morgan fingerprint density at radius 3 is 1.63 bits per heavy atom. The minimum atomic E-state index is -0.977. The summed E-state index contributed by atoms with van der Waals surface area (Å²) in [7, 11) is 0. The van der Waals surface area contributed by atoms with Crippen LogP contribution < -0.4 is 45.9 Å². The Morgan fingerprint density at radius 1 is 0.569 bits per heavy atom. The zero-order valence-electron chi connectivity index (χ0n) is 38.4. The van der Waals surface area contributed by atoms with E-state index in [-0.39, 0.29) is 126 Å². The molecule has 0 spiro atoms. The molecule has 0 saturated heterocycles. The fourth-order valence-corrected chi connectivity index (χ4v) is 7.62. The SMILES string of the molecule is N=C(N)CCCCC(C(=O)CCCN(C(=O)CCCCCN)C(Cc1cnc[nH]1)C(=O)CCCN(C(=O)CCCCN=C(N)N)C(CCCCN)C(N)=O)N(CCN)C(=O)CCC(N)=O. The number of nitrogens with two attached hydrogens (primary N) is 8. The van der Waals surface area contributed by atoms with Crippen molar-refractivity contribution in [2.24, 2.45) is 50.9 Å². The van der Waals surface area contributed by atoms with Crippen LogP contribution in [0, 0.1) is 5.41 Å². The molecule has 0 saturated carbocycles. The highest BCUT2D eigenvalue weighted by Gasteiger charge is 2.33. The Balaban J connectivity index is 3.46. The highest BCUT2D eigenvalue weighted by Crippen LogP contribution is 2.20. The summed E-state index contributed by atoms with van der Waals surface area (Å²) in [5, 5.41) is 7.58. The monoisotopic (exact) mass is 918 g/mol. The van der Waals surface area contributed by atoms with Crippen molar-refractivity contribution in [1.82, 2.24) is 24.7 Å². The van der Waals surface area contributed by atoms with Crippen molar-refractivity contribution < 1.29 is 33.6 Å². The predicted molar refractivity (Wildman–Crippen MR) is 249 cm³/mol. The minimum absolute atomic E-state index is 0.00235. The molecule has 0 fully saturated rings. The lowest BCUT2D eigenvalue weighted by atomic mass is 9.97. The maximum Gasteiger partial charge on any atom is 0.240 e. The molecule has 1 rings (SSSR count). The molecule has 0 aromatic carbocycles. The number of imidazole rings is 1. The fraction of sp³-hybridized carbons (Fsp3) is 0.721. The zero-order chi connectivity index (χ0) is 48.6. The predicted octanol–water partition coefficient (Wildman–Crippen LogP) is -0.460. The number of unbranched alkanes of at least 4 members (excludes halogenated alkanes) is 5. The van der Waals surface area contributed by atoms with Crippen LogP contribution in [0.5, 0.6) is 0 Å². The summed E-state index contributed by atoms with van der Waals surface area (Å²) in [4.78, 5) is 109. The van der Waals surface area contributed by atoms with E-state index in [1.807, 2.05) is 0 Å². The highest BCUT2D eigenvalue weighted by molar-refractivity contribution is 5.91.